The molecule has 0 aliphatic carbocycles. The molecule has 0 aromatic carbocycles. The van der Waals surface area contributed by atoms with Crippen LogP contribution >= 0.6 is 0 Å². The smallest absolute Gasteiger partial charge is 0.0813 e. The number of rotatable bonds is 1. The minimum Gasteiger partial charge on any atom is -0.366 e. The average Bonchev–Trinajstić information content (AvgIpc) is 3.00. The maximum absolute atomic E-state index is 5.98. The molecule has 0 saturated heterocycles. The predicted octanol–water partition coefficient (Wildman–Crippen LogP) is 7.59. The van der Waals surface area contributed by atoms with E-state index in [0.717, 1.165) is 0 Å². The van der Waals surface area contributed by atoms with Gasteiger partial charge < -0.3 is 4.74 Å². The van der Waals surface area contributed by atoms with E-state index in [1.165, 1.54) is 0 Å². The Morgan fingerprint density at radius 2 is 0.913 bits per heavy atom. The zero-order chi connectivity index (χ0) is 19.1. The molecule has 2 unspecified atom stereocenters. The van der Waals surface area contributed by atoms with Crippen molar-refractivity contribution in [1.82, 2.24) is 0 Å². The fourth-order valence-corrected chi connectivity index (χ4v) is 1.66. The molecular weight excluding hydrogens is 280 g/mol. The summed E-state index contributed by atoms with van der Waals surface area (Å²) in [5, 5.41) is 0. The normalized spacial score (nSPS) is 20.3. The van der Waals surface area contributed by atoms with Crippen molar-refractivity contribution in [2.75, 3.05) is 0 Å². The van der Waals surface area contributed by atoms with E-state index in [1.54, 1.807) is 0 Å². The van der Waals surface area contributed by atoms with Crippen molar-refractivity contribution < 1.29 is 4.74 Å². The Balaban J connectivity index is -0.000000338. The van der Waals surface area contributed by atoms with Crippen molar-refractivity contribution in [2.24, 2.45) is 10.8 Å². The molecule has 1 heterocycles. The van der Waals surface area contributed by atoms with E-state index in [2.05, 4.69) is 53.7 Å². The van der Waals surface area contributed by atoms with Gasteiger partial charge >= 0.3 is 0 Å². The van der Waals surface area contributed by atoms with Gasteiger partial charge in [0.05, 0.1) is 12.2 Å². The third-order valence-electron chi connectivity index (χ3n) is 2.96. The molecule has 0 radical (unpaired) electrons. The van der Waals surface area contributed by atoms with Crippen molar-refractivity contribution >= 4 is 0 Å². The second-order valence-corrected chi connectivity index (χ2v) is 7.15. The summed E-state index contributed by atoms with van der Waals surface area (Å²) in [5.74, 6) is 0. The standard InChI is InChI=1S/C12H22O.C6H10.2C2H6/c1-11(2,3)9-7-8-10(13-9)12(4,5)6;1-3-5-6-4-2;2*1-2/h7-10H,1-6H3;3-6H,1-2H3;2*1-2H3/b;5-3-,6-4-;;. The van der Waals surface area contributed by atoms with Gasteiger partial charge in [-0.15, -0.1) is 0 Å². The van der Waals surface area contributed by atoms with E-state index in [-0.39, 0.29) is 23.0 Å². The fraction of sp³-hybridized carbons (Fsp3) is 0.727. The first-order valence-electron chi connectivity index (χ1n) is 9.20. The molecule has 0 spiro atoms. The maximum atomic E-state index is 5.98. The second kappa shape index (κ2) is 14.8. The van der Waals surface area contributed by atoms with Gasteiger partial charge in [0.15, 0.2) is 0 Å². The van der Waals surface area contributed by atoms with Gasteiger partial charge in [-0.2, -0.15) is 0 Å². The van der Waals surface area contributed by atoms with Crippen LogP contribution in [-0.2, 0) is 4.74 Å². The monoisotopic (exact) mass is 324 g/mol. The highest BCUT2D eigenvalue weighted by Crippen LogP contribution is 2.35. The Bertz CT molecular complexity index is 289. The van der Waals surface area contributed by atoms with Gasteiger partial charge in [-0.3, -0.25) is 0 Å². The summed E-state index contributed by atoms with van der Waals surface area (Å²) < 4.78 is 5.98. The first kappa shape index (κ1) is 27.0. The SMILES string of the molecule is C/C=C\C=C/C.CC.CC.CC(C)(C)C1C=CC(C(C)(C)C)O1. The summed E-state index contributed by atoms with van der Waals surface area (Å²) in [6.45, 7) is 25.3. The third kappa shape index (κ3) is 14.5. The molecule has 0 fully saturated rings. The van der Waals surface area contributed by atoms with E-state index in [0.29, 0.717) is 0 Å². The zero-order valence-electron chi connectivity index (χ0n) is 18.0. The number of hydrogen-bond donors (Lipinski definition) is 0. The molecule has 1 nitrogen and oxygen atoms in total. The lowest BCUT2D eigenvalue weighted by Crippen LogP contribution is -2.32. The van der Waals surface area contributed by atoms with Crippen LogP contribution in [-0.4, -0.2) is 12.2 Å². The van der Waals surface area contributed by atoms with Crippen molar-refractivity contribution in [1.29, 1.82) is 0 Å². The number of hydrogen-bond acceptors (Lipinski definition) is 1. The summed E-state index contributed by atoms with van der Waals surface area (Å²) in [5.41, 5.74) is 0.438. The lowest BCUT2D eigenvalue weighted by atomic mass is 9.89. The molecule has 0 saturated carbocycles. The first-order chi connectivity index (χ1) is 10.6. The van der Waals surface area contributed by atoms with Crippen LogP contribution in [0.2, 0.25) is 0 Å². The minimum atomic E-state index is 0.219. The Kier molecular flexibility index (Phi) is 17.3. The highest BCUT2D eigenvalue weighted by atomic mass is 16.5. The third-order valence-corrected chi connectivity index (χ3v) is 2.96. The van der Waals surface area contributed by atoms with Crippen molar-refractivity contribution in [3.05, 3.63) is 36.5 Å². The number of allylic oxidation sites excluding steroid dienone is 4. The average molecular weight is 325 g/mol. The van der Waals surface area contributed by atoms with Crippen molar-refractivity contribution in [3.8, 4) is 0 Å². The van der Waals surface area contributed by atoms with Crippen molar-refractivity contribution in [2.45, 2.75) is 95.3 Å². The van der Waals surface area contributed by atoms with Gasteiger partial charge in [0, 0.05) is 0 Å². The fourth-order valence-electron chi connectivity index (χ4n) is 1.66. The van der Waals surface area contributed by atoms with Crippen LogP contribution in [0.25, 0.3) is 0 Å². The summed E-state index contributed by atoms with van der Waals surface area (Å²) in [6, 6.07) is 0. The molecule has 0 amide bonds. The van der Waals surface area contributed by atoms with E-state index < -0.39 is 0 Å². The molecule has 0 aromatic rings. The molecule has 1 aliphatic rings. The van der Waals surface area contributed by atoms with Gasteiger partial charge in [-0.1, -0.05) is 106 Å². The Morgan fingerprint density at radius 3 is 1.04 bits per heavy atom. The lowest BCUT2D eigenvalue weighted by Gasteiger charge is -2.31. The summed E-state index contributed by atoms with van der Waals surface area (Å²) in [4.78, 5) is 0. The molecule has 2 atom stereocenters. The Morgan fingerprint density at radius 1 is 0.652 bits per heavy atom. The molecule has 0 bridgehead atoms. The predicted molar refractivity (Wildman–Crippen MR) is 109 cm³/mol. The summed E-state index contributed by atoms with van der Waals surface area (Å²) in [6.07, 6.45) is 13.0. The quantitative estimate of drug-likeness (QED) is 0.356. The molecule has 23 heavy (non-hydrogen) atoms. The molecule has 0 N–H and O–H groups in total. The molecule has 1 rings (SSSR count). The van der Waals surface area contributed by atoms with E-state index >= 15 is 0 Å². The van der Waals surface area contributed by atoms with Crippen LogP contribution in [0.5, 0.6) is 0 Å². The van der Waals surface area contributed by atoms with Gasteiger partial charge in [0.2, 0.25) is 0 Å². The van der Waals surface area contributed by atoms with E-state index in [1.807, 2.05) is 65.8 Å². The number of ether oxygens (including phenoxy) is 1. The van der Waals surface area contributed by atoms with Gasteiger partial charge in [-0.05, 0) is 24.7 Å². The topological polar surface area (TPSA) is 9.23 Å². The van der Waals surface area contributed by atoms with Crippen LogP contribution in [0, 0.1) is 10.8 Å². The molecule has 1 heteroatoms. The van der Waals surface area contributed by atoms with E-state index in [4.69, 9.17) is 4.74 Å². The molecular formula is C22H44O. The van der Waals surface area contributed by atoms with Gasteiger partial charge in [-0.25, -0.2) is 0 Å². The van der Waals surface area contributed by atoms with E-state index in [9.17, 15) is 0 Å². The summed E-state index contributed by atoms with van der Waals surface area (Å²) >= 11 is 0. The van der Waals surface area contributed by atoms with Gasteiger partial charge in [0.25, 0.3) is 0 Å². The zero-order valence-corrected chi connectivity index (χ0v) is 18.0. The van der Waals surface area contributed by atoms with Crippen molar-refractivity contribution in [3.63, 3.8) is 0 Å². The minimum absolute atomic E-state index is 0.219. The summed E-state index contributed by atoms with van der Waals surface area (Å²) in [7, 11) is 0. The lowest BCUT2D eigenvalue weighted by molar-refractivity contribution is -0.0432. The maximum Gasteiger partial charge on any atom is 0.0813 e. The molecule has 0 aromatic heterocycles. The molecule has 1 aliphatic heterocycles. The van der Waals surface area contributed by atoms with Crippen LogP contribution in [0.4, 0.5) is 0 Å². The van der Waals surface area contributed by atoms with Crippen LogP contribution in [0.1, 0.15) is 83.1 Å². The second-order valence-electron chi connectivity index (χ2n) is 7.15. The molecule has 138 valence electrons. The first-order valence-corrected chi connectivity index (χ1v) is 9.20. The Labute approximate surface area is 147 Å². The van der Waals surface area contributed by atoms with Crippen LogP contribution < -0.4 is 0 Å². The van der Waals surface area contributed by atoms with Crippen LogP contribution in [0.3, 0.4) is 0 Å². The Hall–Kier alpha value is -0.820. The van der Waals surface area contributed by atoms with Gasteiger partial charge in [0.1, 0.15) is 0 Å². The highest BCUT2D eigenvalue weighted by molar-refractivity contribution is 5.08. The van der Waals surface area contributed by atoms with Crippen LogP contribution in [0.15, 0.2) is 36.5 Å². The highest BCUT2D eigenvalue weighted by Gasteiger charge is 2.34. The largest absolute Gasteiger partial charge is 0.366 e.